The van der Waals surface area contributed by atoms with E-state index in [0.29, 0.717) is 5.54 Å². The number of hydrogen-bond acceptors (Lipinski definition) is 3. The monoisotopic (exact) mass is 276 g/mol. The molecule has 2 aliphatic heterocycles. The highest BCUT2D eigenvalue weighted by Gasteiger charge is 2.33. The summed E-state index contributed by atoms with van der Waals surface area (Å²) in [7, 11) is 2.25. The second-order valence-corrected chi connectivity index (χ2v) is 7.86. The SMILES string of the molecule is CN1CCN(CC2Cc3ccccc3S2)CC1(C)C. The van der Waals surface area contributed by atoms with Gasteiger partial charge in [-0.3, -0.25) is 9.80 Å². The van der Waals surface area contributed by atoms with E-state index >= 15 is 0 Å². The summed E-state index contributed by atoms with van der Waals surface area (Å²) in [5.41, 5.74) is 1.86. The van der Waals surface area contributed by atoms with Gasteiger partial charge in [-0.2, -0.15) is 0 Å². The summed E-state index contributed by atoms with van der Waals surface area (Å²) in [6.07, 6.45) is 1.24. The normalized spacial score (nSPS) is 27.4. The van der Waals surface area contributed by atoms with Gasteiger partial charge in [0, 0.05) is 41.9 Å². The second kappa shape index (κ2) is 5.12. The molecule has 1 fully saturated rings. The molecule has 0 radical (unpaired) electrons. The Bertz CT molecular complexity index is 433. The van der Waals surface area contributed by atoms with Gasteiger partial charge in [0.2, 0.25) is 0 Å². The van der Waals surface area contributed by atoms with Gasteiger partial charge in [0.15, 0.2) is 0 Å². The second-order valence-electron chi connectivity index (χ2n) is 6.52. The minimum atomic E-state index is 0.314. The third-order valence-corrected chi connectivity index (χ3v) is 5.87. The molecule has 0 N–H and O–H groups in total. The highest BCUT2D eigenvalue weighted by molar-refractivity contribution is 8.00. The fourth-order valence-corrected chi connectivity index (χ4v) is 4.51. The first-order valence-corrected chi connectivity index (χ1v) is 8.11. The van der Waals surface area contributed by atoms with Crippen LogP contribution in [0, 0.1) is 0 Å². The lowest BCUT2D eigenvalue weighted by molar-refractivity contribution is 0.0405. The van der Waals surface area contributed by atoms with Crippen LogP contribution in [0.2, 0.25) is 0 Å². The summed E-state index contributed by atoms with van der Waals surface area (Å²) in [4.78, 5) is 6.64. The van der Waals surface area contributed by atoms with E-state index in [-0.39, 0.29) is 0 Å². The Morgan fingerprint density at radius 1 is 1.26 bits per heavy atom. The van der Waals surface area contributed by atoms with Crippen LogP contribution in [0.4, 0.5) is 0 Å². The molecule has 1 aromatic carbocycles. The van der Waals surface area contributed by atoms with Crippen molar-refractivity contribution >= 4 is 11.8 Å². The van der Waals surface area contributed by atoms with Gasteiger partial charge in [-0.25, -0.2) is 0 Å². The average molecular weight is 276 g/mol. The molecule has 0 amide bonds. The van der Waals surface area contributed by atoms with Gasteiger partial charge in [-0.1, -0.05) is 18.2 Å². The van der Waals surface area contributed by atoms with Crippen LogP contribution in [-0.2, 0) is 6.42 Å². The van der Waals surface area contributed by atoms with Gasteiger partial charge in [0.05, 0.1) is 0 Å². The number of piperazine rings is 1. The molecule has 1 atom stereocenters. The van der Waals surface area contributed by atoms with E-state index in [1.807, 2.05) is 0 Å². The number of likely N-dealkylation sites (N-methyl/N-ethyl adjacent to an activating group) is 1. The van der Waals surface area contributed by atoms with Crippen molar-refractivity contribution in [3.8, 4) is 0 Å². The molecule has 19 heavy (non-hydrogen) atoms. The molecule has 1 aromatic rings. The van der Waals surface area contributed by atoms with E-state index in [2.05, 4.69) is 66.7 Å². The molecule has 2 nitrogen and oxygen atoms in total. The molecule has 0 saturated carbocycles. The van der Waals surface area contributed by atoms with Gasteiger partial charge < -0.3 is 0 Å². The summed E-state index contributed by atoms with van der Waals surface area (Å²) in [6, 6.07) is 8.89. The number of benzene rings is 1. The van der Waals surface area contributed by atoms with Crippen LogP contribution < -0.4 is 0 Å². The molecule has 0 bridgehead atoms. The predicted molar refractivity (Wildman–Crippen MR) is 82.9 cm³/mol. The van der Waals surface area contributed by atoms with Crippen LogP contribution in [0.5, 0.6) is 0 Å². The maximum Gasteiger partial charge on any atom is 0.0277 e. The maximum atomic E-state index is 2.66. The van der Waals surface area contributed by atoms with E-state index < -0.39 is 0 Å². The van der Waals surface area contributed by atoms with E-state index in [9.17, 15) is 0 Å². The van der Waals surface area contributed by atoms with Crippen molar-refractivity contribution in [2.24, 2.45) is 0 Å². The first-order chi connectivity index (χ1) is 9.04. The van der Waals surface area contributed by atoms with Crippen molar-refractivity contribution in [3.05, 3.63) is 29.8 Å². The summed E-state index contributed by atoms with van der Waals surface area (Å²) >= 11 is 2.08. The Morgan fingerprint density at radius 3 is 2.79 bits per heavy atom. The number of rotatable bonds is 2. The molecular weight excluding hydrogens is 252 g/mol. The first kappa shape index (κ1) is 13.5. The van der Waals surface area contributed by atoms with Gasteiger partial charge in [-0.15, -0.1) is 11.8 Å². The van der Waals surface area contributed by atoms with Crippen LogP contribution in [0.15, 0.2) is 29.2 Å². The predicted octanol–water partition coefficient (Wildman–Crippen LogP) is 2.73. The fourth-order valence-electron chi connectivity index (χ4n) is 3.14. The molecular formula is C16H24N2S. The molecule has 0 spiro atoms. The van der Waals surface area contributed by atoms with Gasteiger partial charge in [-0.05, 0) is 38.9 Å². The molecule has 2 heterocycles. The first-order valence-electron chi connectivity index (χ1n) is 7.23. The van der Waals surface area contributed by atoms with Crippen LogP contribution in [0.25, 0.3) is 0 Å². The molecule has 1 saturated heterocycles. The third-order valence-electron chi connectivity index (χ3n) is 4.57. The van der Waals surface area contributed by atoms with Gasteiger partial charge >= 0.3 is 0 Å². The van der Waals surface area contributed by atoms with E-state index in [4.69, 9.17) is 0 Å². The quantitative estimate of drug-likeness (QED) is 0.820. The zero-order chi connectivity index (χ0) is 13.5. The summed E-state index contributed by atoms with van der Waals surface area (Å²) in [5, 5.41) is 0.747. The lowest BCUT2D eigenvalue weighted by Crippen LogP contribution is -2.58. The molecule has 2 aliphatic rings. The smallest absolute Gasteiger partial charge is 0.0277 e. The molecule has 0 aromatic heterocycles. The maximum absolute atomic E-state index is 2.66. The van der Waals surface area contributed by atoms with Crippen LogP contribution in [0.1, 0.15) is 19.4 Å². The van der Waals surface area contributed by atoms with Crippen molar-refractivity contribution in [1.82, 2.24) is 9.80 Å². The Hall–Kier alpha value is -0.510. The molecule has 1 unspecified atom stereocenters. The molecule has 3 rings (SSSR count). The van der Waals surface area contributed by atoms with Crippen molar-refractivity contribution in [3.63, 3.8) is 0 Å². The molecule has 3 heteroatoms. The Kier molecular flexibility index (Phi) is 3.63. The summed E-state index contributed by atoms with van der Waals surface area (Å²) in [5.74, 6) is 0. The Morgan fingerprint density at radius 2 is 2.05 bits per heavy atom. The van der Waals surface area contributed by atoms with Crippen LogP contribution >= 0.6 is 11.8 Å². The third kappa shape index (κ3) is 2.83. The fraction of sp³-hybridized carbons (Fsp3) is 0.625. The van der Waals surface area contributed by atoms with Gasteiger partial charge in [0.25, 0.3) is 0 Å². The topological polar surface area (TPSA) is 6.48 Å². The van der Waals surface area contributed by atoms with Crippen molar-refractivity contribution in [1.29, 1.82) is 0 Å². The Labute approximate surface area is 121 Å². The lowest BCUT2D eigenvalue weighted by Gasteiger charge is -2.46. The number of nitrogens with zero attached hydrogens (tertiary/aromatic N) is 2. The highest BCUT2D eigenvalue weighted by Crippen LogP contribution is 2.37. The molecule has 104 valence electrons. The van der Waals surface area contributed by atoms with Crippen molar-refractivity contribution in [2.45, 2.75) is 36.0 Å². The average Bonchev–Trinajstić information content (AvgIpc) is 2.75. The van der Waals surface area contributed by atoms with Crippen LogP contribution in [-0.4, -0.2) is 53.8 Å². The zero-order valence-electron chi connectivity index (χ0n) is 12.2. The van der Waals surface area contributed by atoms with E-state index in [1.165, 1.54) is 37.5 Å². The van der Waals surface area contributed by atoms with Crippen molar-refractivity contribution < 1.29 is 0 Å². The summed E-state index contributed by atoms with van der Waals surface area (Å²) < 4.78 is 0. The van der Waals surface area contributed by atoms with Gasteiger partial charge in [0.1, 0.15) is 0 Å². The zero-order valence-corrected chi connectivity index (χ0v) is 13.0. The number of hydrogen-bond donors (Lipinski definition) is 0. The number of fused-ring (bicyclic) bond motifs is 1. The highest BCUT2D eigenvalue weighted by atomic mass is 32.2. The molecule has 0 aliphatic carbocycles. The van der Waals surface area contributed by atoms with Crippen molar-refractivity contribution in [2.75, 3.05) is 33.2 Å². The summed E-state index contributed by atoms with van der Waals surface area (Å²) in [6.45, 7) is 9.55. The number of thioether (sulfide) groups is 1. The van der Waals surface area contributed by atoms with E-state index in [1.54, 1.807) is 5.56 Å². The standard InChI is InChI=1S/C16H24N2S/c1-16(2)12-18(9-8-17(16)3)11-14-10-13-6-4-5-7-15(13)19-14/h4-7,14H,8-12H2,1-3H3. The largest absolute Gasteiger partial charge is 0.299 e. The minimum absolute atomic E-state index is 0.314. The van der Waals surface area contributed by atoms with Crippen LogP contribution in [0.3, 0.4) is 0 Å². The Balaban J connectivity index is 1.59. The lowest BCUT2D eigenvalue weighted by atomic mass is 9.99. The minimum Gasteiger partial charge on any atom is -0.299 e. The van der Waals surface area contributed by atoms with E-state index in [0.717, 1.165) is 5.25 Å².